The molecule has 0 saturated carbocycles. The van der Waals surface area contributed by atoms with E-state index < -0.39 is 11.4 Å². The number of hydrogen-bond donors (Lipinski definition) is 2. The number of phenolic OH excluding ortho intramolecular Hbond substituents is 2. The molecule has 1 heterocycles. The molecule has 4 heteroatoms. The van der Waals surface area contributed by atoms with Gasteiger partial charge in [0.15, 0.2) is 11.3 Å². The number of phenols is 2. The predicted molar refractivity (Wildman–Crippen MR) is 88.8 cm³/mol. The van der Waals surface area contributed by atoms with Crippen LogP contribution in [0.1, 0.15) is 0 Å². The van der Waals surface area contributed by atoms with Crippen molar-refractivity contribution in [2.75, 3.05) is 0 Å². The van der Waals surface area contributed by atoms with E-state index in [0.29, 0.717) is 10.9 Å². The van der Waals surface area contributed by atoms with Gasteiger partial charge in [-0.15, -0.1) is 0 Å². The number of aromatic hydroxyl groups is 2. The van der Waals surface area contributed by atoms with Crippen molar-refractivity contribution in [2.24, 2.45) is 0 Å². The minimum atomic E-state index is -0.561. The van der Waals surface area contributed by atoms with Crippen LogP contribution in [-0.4, -0.2) is 10.2 Å². The molecule has 0 aliphatic heterocycles. The summed E-state index contributed by atoms with van der Waals surface area (Å²) in [4.78, 5) is 12.3. The third-order valence-electron chi connectivity index (χ3n) is 3.92. The maximum absolute atomic E-state index is 12.3. The lowest BCUT2D eigenvalue weighted by Crippen LogP contribution is -2.02. The second kappa shape index (κ2) is 4.88. The highest BCUT2D eigenvalue weighted by Gasteiger charge is 2.13. The number of benzene rings is 3. The molecule has 3 aromatic carbocycles. The van der Waals surface area contributed by atoms with Crippen molar-refractivity contribution in [3.05, 3.63) is 71.1 Å². The summed E-state index contributed by atoms with van der Waals surface area (Å²) in [5, 5.41) is 22.0. The molecular weight excluding hydrogens is 292 g/mol. The lowest BCUT2D eigenvalue weighted by Gasteiger charge is -2.06. The van der Waals surface area contributed by atoms with Crippen molar-refractivity contribution in [2.45, 2.75) is 0 Å². The molecule has 0 fully saturated rings. The van der Waals surface area contributed by atoms with Crippen molar-refractivity contribution in [3.8, 4) is 22.6 Å². The molecule has 0 aliphatic carbocycles. The van der Waals surface area contributed by atoms with Gasteiger partial charge in [-0.25, -0.2) is 4.79 Å². The first-order valence-corrected chi connectivity index (χ1v) is 7.11. The van der Waals surface area contributed by atoms with Crippen molar-refractivity contribution in [1.29, 1.82) is 0 Å². The summed E-state index contributed by atoms with van der Waals surface area (Å²) >= 11 is 0. The van der Waals surface area contributed by atoms with Crippen LogP contribution in [0.2, 0.25) is 0 Å². The minimum Gasteiger partial charge on any atom is -0.504 e. The Hall–Kier alpha value is -3.27. The standard InChI is InChI=1S/C19H12O4/c20-16-8-7-14-10-15(19(22)23-18(14)17(16)21)13-6-5-11-3-1-2-4-12(11)9-13/h1-10,20-21H. The van der Waals surface area contributed by atoms with Crippen LogP contribution in [0.3, 0.4) is 0 Å². The topological polar surface area (TPSA) is 70.7 Å². The van der Waals surface area contributed by atoms with Gasteiger partial charge >= 0.3 is 5.63 Å². The van der Waals surface area contributed by atoms with E-state index in [1.807, 2.05) is 42.5 Å². The van der Waals surface area contributed by atoms with Gasteiger partial charge in [0.25, 0.3) is 0 Å². The Bertz CT molecular complexity index is 1110. The van der Waals surface area contributed by atoms with Crippen molar-refractivity contribution >= 4 is 21.7 Å². The molecule has 2 N–H and O–H groups in total. The summed E-state index contributed by atoms with van der Waals surface area (Å²) in [5.74, 6) is -0.747. The van der Waals surface area contributed by atoms with Gasteiger partial charge in [-0.3, -0.25) is 0 Å². The molecule has 112 valence electrons. The molecule has 4 aromatic rings. The average molecular weight is 304 g/mol. The Labute approximate surface area is 130 Å². The number of fused-ring (bicyclic) bond motifs is 2. The van der Waals surface area contributed by atoms with Gasteiger partial charge in [0.1, 0.15) is 0 Å². The molecule has 0 spiro atoms. The van der Waals surface area contributed by atoms with Crippen LogP contribution in [0, 0.1) is 0 Å². The lowest BCUT2D eigenvalue weighted by molar-refractivity contribution is 0.398. The fraction of sp³-hybridized carbons (Fsp3) is 0. The van der Waals surface area contributed by atoms with Crippen LogP contribution >= 0.6 is 0 Å². The van der Waals surface area contributed by atoms with E-state index in [2.05, 4.69) is 0 Å². The summed E-state index contributed by atoms with van der Waals surface area (Å²) < 4.78 is 5.21. The molecule has 4 nitrogen and oxygen atoms in total. The van der Waals surface area contributed by atoms with E-state index in [-0.39, 0.29) is 11.3 Å². The van der Waals surface area contributed by atoms with E-state index in [4.69, 9.17) is 4.42 Å². The van der Waals surface area contributed by atoms with Gasteiger partial charge in [-0.05, 0) is 40.6 Å². The highest BCUT2D eigenvalue weighted by Crippen LogP contribution is 2.34. The Morgan fingerprint density at radius 3 is 2.35 bits per heavy atom. The van der Waals surface area contributed by atoms with Gasteiger partial charge in [0, 0.05) is 5.39 Å². The van der Waals surface area contributed by atoms with Gasteiger partial charge < -0.3 is 14.6 Å². The highest BCUT2D eigenvalue weighted by molar-refractivity contribution is 5.91. The fourth-order valence-corrected chi connectivity index (χ4v) is 2.72. The lowest BCUT2D eigenvalue weighted by atomic mass is 10.0. The zero-order valence-corrected chi connectivity index (χ0v) is 12.0. The third kappa shape index (κ3) is 2.12. The minimum absolute atomic E-state index is 0.0143. The summed E-state index contributed by atoms with van der Waals surface area (Å²) in [7, 11) is 0. The molecule has 0 saturated heterocycles. The molecule has 0 bridgehead atoms. The summed E-state index contributed by atoms with van der Waals surface area (Å²) in [5.41, 5.74) is 0.577. The van der Waals surface area contributed by atoms with E-state index in [0.717, 1.165) is 16.3 Å². The first kappa shape index (κ1) is 13.4. The van der Waals surface area contributed by atoms with E-state index in [1.54, 1.807) is 12.1 Å². The molecule has 23 heavy (non-hydrogen) atoms. The second-order valence-corrected chi connectivity index (χ2v) is 5.36. The zero-order chi connectivity index (χ0) is 16.0. The van der Waals surface area contributed by atoms with Crippen molar-refractivity contribution < 1.29 is 14.6 Å². The van der Waals surface area contributed by atoms with Crippen LogP contribution in [-0.2, 0) is 0 Å². The van der Waals surface area contributed by atoms with Crippen LogP contribution in [0.5, 0.6) is 11.5 Å². The first-order valence-electron chi connectivity index (χ1n) is 7.11. The first-order chi connectivity index (χ1) is 11.1. The molecule has 0 radical (unpaired) electrons. The third-order valence-corrected chi connectivity index (χ3v) is 3.92. The summed E-state index contributed by atoms with van der Waals surface area (Å²) in [6.07, 6.45) is 0. The van der Waals surface area contributed by atoms with Gasteiger partial charge in [-0.2, -0.15) is 0 Å². The van der Waals surface area contributed by atoms with Gasteiger partial charge in [0.05, 0.1) is 5.56 Å². The zero-order valence-electron chi connectivity index (χ0n) is 12.0. The number of hydrogen-bond acceptors (Lipinski definition) is 4. The second-order valence-electron chi connectivity index (χ2n) is 5.36. The predicted octanol–water partition coefficient (Wildman–Crippen LogP) is 4.02. The molecule has 0 atom stereocenters. The van der Waals surface area contributed by atoms with Crippen LogP contribution in [0.4, 0.5) is 0 Å². The van der Waals surface area contributed by atoms with E-state index >= 15 is 0 Å². The van der Waals surface area contributed by atoms with Crippen molar-refractivity contribution in [1.82, 2.24) is 0 Å². The normalized spacial score (nSPS) is 11.1. The van der Waals surface area contributed by atoms with Gasteiger partial charge in [0.2, 0.25) is 5.75 Å². The Morgan fingerprint density at radius 2 is 1.52 bits per heavy atom. The van der Waals surface area contributed by atoms with Crippen LogP contribution in [0.25, 0.3) is 32.9 Å². The van der Waals surface area contributed by atoms with Crippen LogP contribution in [0.15, 0.2) is 69.9 Å². The monoisotopic (exact) mass is 304 g/mol. The van der Waals surface area contributed by atoms with E-state index in [9.17, 15) is 15.0 Å². The quantitative estimate of drug-likeness (QED) is 0.411. The fourth-order valence-electron chi connectivity index (χ4n) is 2.72. The maximum Gasteiger partial charge on any atom is 0.344 e. The SMILES string of the molecule is O=c1oc2c(O)c(O)ccc2cc1-c1ccc2ccccc2c1. The van der Waals surface area contributed by atoms with Gasteiger partial charge in [-0.1, -0.05) is 36.4 Å². The smallest absolute Gasteiger partial charge is 0.344 e. The molecule has 1 aromatic heterocycles. The van der Waals surface area contributed by atoms with Crippen molar-refractivity contribution in [3.63, 3.8) is 0 Å². The molecule has 0 amide bonds. The molecule has 0 unspecified atom stereocenters. The van der Waals surface area contributed by atoms with E-state index in [1.165, 1.54) is 6.07 Å². The molecule has 4 rings (SSSR count). The highest BCUT2D eigenvalue weighted by atomic mass is 16.4. The molecular formula is C19H12O4. The molecule has 0 aliphatic rings. The largest absolute Gasteiger partial charge is 0.504 e. The Morgan fingerprint density at radius 1 is 0.783 bits per heavy atom. The van der Waals surface area contributed by atoms with Crippen LogP contribution < -0.4 is 5.63 Å². The Kier molecular flexibility index (Phi) is 2.84. The summed E-state index contributed by atoms with van der Waals surface area (Å²) in [6.45, 7) is 0. The maximum atomic E-state index is 12.3. The average Bonchev–Trinajstić information content (AvgIpc) is 2.58. The number of rotatable bonds is 1. The Balaban J connectivity index is 1.98. The summed E-state index contributed by atoms with van der Waals surface area (Å²) in [6, 6.07) is 18.2.